The molecule has 0 radical (unpaired) electrons. The molecule has 0 saturated carbocycles. The quantitative estimate of drug-likeness (QED) is 0.569. The molecule has 0 heterocycles. The maximum absolute atomic E-state index is 5.70. The van der Waals surface area contributed by atoms with E-state index in [-0.39, 0.29) is 0 Å². The standard InChI is InChI=1S/C10H13NO2/c1-7(12-2)8-5-4-6-9(11)10(8)13-3/h4-6H,1,11H2,2-3H3. The number of ether oxygens (including phenoxy) is 2. The van der Waals surface area contributed by atoms with Gasteiger partial charge in [-0.2, -0.15) is 0 Å². The molecule has 0 spiro atoms. The van der Waals surface area contributed by atoms with Crippen LogP contribution in [-0.2, 0) is 4.74 Å². The second-order valence-corrected chi connectivity index (χ2v) is 2.56. The molecule has 2 N–H and O–H groups in total. The van der Waals surface area contributed by atoms with Gasteiger partial charge in [-0.1, -0.05) is 12.6 Å². The topological polar surface area (TPSA) is 44.5 Å². The summed E-state index contributed by atoms with van der Waals surface area (Å²) in [7, 11) is 3.13. The zero-order chi connectivity index (χ0) is 9.84. The molecule has 0 unspecified atom stereocenters. The molecule has 1 rings (SSSR count). The van der Waals surface area contributed by atoms with Gasteiger partial charge in [0.2, 0.25) is 0 Å². The van der Waals surface area contributed by atoms with Crippen molar-refractivity contribution in [1.82, 2.24) is 0 Å². The number of methoxy groups -OCH3 is 2. The number of para-hydroxylation sites is 1. The molecule has 1 aromatic carbocycles. The highest BCUT2D eigenvalue weighted by Crippen LogP contribution is 2.30. The van der Waals surface area contributed by atoms with Gasteiger partial charge in [0.25, 0.3) is 0 Å². The Labute approximate surface area is 77.8 Å². The van der Waals surface area contributed by atoms with E-state index in [9.17, 15) is 0 Å². The van der Waals surface area contributed by atoms with Gasteiger partial charge in [-0.15, -0.1) is 0 Å². The number of anilines is 1. The molecule has 3 heteroatoms. The Morgan fingerprint density at radius 2 is 2.08 bits per heavy atom. The second kappa shape index (κ2) is 3.85. The van der Waals surface area contributed by atoms with Crippen LogP contribution in [0.25, 0.3) is 5.76 Å². The molecule has 0 amide bonds. The summed E-state index contributed by atoms with van der Waals surface area (Å²) in [5, 5.41) is 0. The number of nitrogen functional groups attached to an aromatic ring is 1. The number of hydrogen-bond donors (Lipinski definition) is 1. The van der Waals surface area contributed by atoms with E-state index in [0.29, 0.717) is 17.2 Å². The lowest BCUT2D eigenvalue weighted by atomic mass is 10.1. The first kappa shape index (κ1) is 9.45. The largest absolute Gasteiger partial charge is 0.497 e. The van der Waals surface area contributed by atoms with E-state index in [4.69, 9.17) is 15.2 Å². The first-order valence-electron chi connectivity index (χ1n) is 3.86. The Morgan fingerprint density at radius 3 is 2.62 bits per heavy atom. The fourth-order valence-electron chi connectivity index (χ4n) is 1.11. The summed E-state index contributed by atoms with van der Waals surface area (Å²) in [5.74, 6) is 1.15. The van der Waals surface area contributed by atoms with Gasteiger partial charge >= 0.3 is 0 Å². The molecule has 0 bridgehead atoms. The number of benzene rings is 1. The van der Waals surface area contributed by atoms with Crippen LogP contribution in [0.2, 0.25) is 0 Å². The fraction of sp³-hybridized carbons (Fsp3) is 0.200. The highest BCUT2D eigenvalue weighted by Gasteiger charge is 2.08. The van der Waals surface area contributed by atoms with Gasteiger partial charge in [-0.3, -0.25) is 0 Å². The van der Waals surface area contributed by atoms with Crippen molar-refractivity contribution in [3.05, 3.63) is 30.3 Å². The lowest BCUT2D eigenvalue weighted by molar-refractivity contribution is 0.363. The minimum absolute atomic E-state index is 0.546. The van der Waals surface area contributed by atoms with Crippen LogP contribution >= 0.6 is 0 Å². The molecule has 0 aliphatic carbocycles. The van der Waals surface area contributed by atoms with E-state index in [1.165, 1.54) is 0 Å². The van der Waals surface area contributed by atoms with Gasteiger partial charge < -0.3 is 15.2 Å². The summed E-state index contributed by atoms with van der Waals surface area (Å²) < 4.78 is 10.1. The first-order chi connectivity index (χ1) is 6.20. The number of nitrogens with two attached hydrogens (primary N) is 1. The number of hydrogen-bond acceptors (Lipinski definition) is 3. The third-order valence-electron chi connectivity index (χ3n) is 1.80. The van der Waals surface area contributed by atoms with Crippen LogP contribution in [0.3, 0.4) is 0 Å². The van der Waals surface area contributed by atoms with Crippen LogP contribution in [-0.4, -0.2) is 14.2 Å². The van der Waals surface area contributed by atoms with E-state index in [2.05, 4.69) is 6.58 Å². The molecule has 70 valence electrons. The second-order valence-electron chi connectivity index (χ2n) is 2.56. The van der Waals surface area contributed by atoms with Crippen LogP contribution in [0.1, 0.15) is 5.56 Å². The van der Waals surface area contributed by atoms with Crippen molar-refractivity contribution in [3.8, 4) is 5.75 Å². The van der Waals surface area contributed by atoms with Crippen molar-refractivity contribution in [2.75, 3.05) is 20.0 Å². The lowest BCUT2D eigenvalue weighted by Gasteiger charge is -2.11. The van der Waals surface area contributed by atoms with Gasteiger partial charge in [0.15, 0.2) is 5.75 Å². The van der Waals surface area contributed by atoms with Gasteiger partial charge in [-0.05, 0) is 12.1 Å². The van der Waals surface area contributed by atoms with E-state index in [1.807, 2.05) is 12.1 Å². The van der Waals surface area contributed by atoms with Crippen LogP contribution in [0, 0.1) is 0 Å². The zero-order valence-corrected chi connectivity index (χ0v) is 7.83. The summed E-state index contributed by atoms with van der Waals surface area (Å²) >= 11 is 0. The highest BCUT2D eigenvalue weighted by molar-refractivity contribution is 5.71. The minimum Gasteiger partial charge on any atom is -0.497 e. The normalized spacial score (nSPS) is 9.38. The van der Waals surface area contributed by atoms with Crippen molar-refractivity contribution >= 4 is 11.4 Å². The predicted molar refractivity (Wildman–Crippen MR) is 53.4 cm³/mol. The molecule has 3 nitrogen and oxygen atoms in total. The van der Waals surface area contributed by atoms with Gasteiger partial charge in [0.05, 0.1) is 25.5 Å². The summed E-state index contributed by atoms with van der Waals surface area (Å²) in [4.78, 5) is 0. The predicted octanol–water partition coefficient (Wildman–Crippen LogP) is 1.89. The molecule has 0 atom stereocenters. The van der Waals surface area contributed by atoms with Crippen LogP contribution in [0.4, 0.5) is 5.69 Å². The Morgan fingerprint density at radius 1 is 1.38 bits per heavy atom. The molecule has 0 fully saturated rings. The molecule has 1 aromatic rings. The minimum atomic E-state index is 0.546. The molecular weight excluding hydrogens is 166 g/mol. The van der Waals surface area contributed by atoms with Gasteiger partial charge in [0.1, 0.15) is 5.76 Å². The third kappa shape index (κ3) is 1.75. The Hall–Kier alpha value is -1.64. The van der Waals surface area contributed by atoms with E-state index in [0.717, 1.165) is 5.56 Å². The van der Waals surface area contributed by atoms with E-state index < -0.39 is 0 Å². The van der Waals surface area contributed by atoms with Crippen molar-refractivity contribution in [3.63, 3.8) is 0 Å². The summed E-state index contributed by atoms with van der Waals surface area (Å²) in [6.07, 6.45) is 0. The zero-order valence-electron chi connectivity index (χ0n) is 7.83. The summed E-state index contributed by atoms with van der Waals surface area (Å²) in [6.45, 7) is 3.74. The number of rotatable bonds is 3. The summed E-state index contributed by atoms with van der Waals surface area (Å²) in [5.41, 5.74) is 7.07. The maximum atomic E-state index is 5.70. The molecule has 0 aliphatic heterocycles. The molecule has 0 aromatic heterocycles. The molecule has 13 heavy (non-hydrogen) atoms. The maximum Gasteiger partial charge on any atom is 0.152 e. The van der Waals surface area contributed by atoms with Crippen LogP contribution in [0.5, 0.6) is 5.75 Å². The Balaban J connectivity index is 3.20. The van der Waals surface area contributed by atoms with Gasteiger partial charge in [0, 0.05) is 0 Å². The van der Waals surface area contributed by atoms with Crippen LogP contribution in [0.15, 0.2) is 24.8 Å². The van der Waals surface area contributed by atoms with Crippen molar-refractivity contribution in [1.29, 1.82) is 0 Å². The molecular formula is C10H13NO2. The third-order valence-corrected chi connectivity index (χ3v) is 1.80. The van der Waals surface area contributed by atoms with Gasteiger partial charge in [-0.25, -0.2) is 0 Å². The SMILES string of the molecule is C=C(OC)c1cccc(N)c1OC. The van der Waals surface area contributed by atoms with Crippen molar-refractivity contribution in [2.24, 2.45) is 0 Å². The fourth-order valence-corrected chi connectivity index (χ4v) is 1.11. The lowest BCUT2D eigenvalue weighted by Crippen LogP contribution is -1.97. The van der Waals surface area contributed by atoms with Crippen LogP contribution < -0.4 is 10.5 Å². The van der Waals surface area contributed by atoms with Crippen molar-refractivity contribution < 1.29 is 9.47 Å². The van der Waals surface area contributed by atoms with E-state index in [1.54, 1.807) is 20.3 Å². The van der Waals surface area contributed by atoms with E-state index >= 15 is 0 Å². The average Bonchev–Trinajstić information content (AvgIpc) is 2.16. The smallest absolute Gasteiger partial charge is 0.152 e. The molecule has 0 aliphatic rings. The monoisotopic (exact) mass is 179 g/mol. The first-order valence-corrected chi connectivity index (χ1v) is 3.86. The Kier molecular flexibility index (Phi) is 2.80. The highest BCUT2D eigenvalue weighted by atomic mass is 16.5. The average molecular weight is 179 g/mol. The molecule has 0 saturated heterocycles. The van der Waals surface area contributed by atoms with Crippen molar-refractivity contribution in [2.45, 2.75) is 0 Å². The Bertz CT molecular complexity index is 321. The summed E-state index contributed by atoms with van der Waals surface area (Å²) in [6, 6.07) is 5.45.